The third-order valence-corrected chi connectivity index (χ3v) is 7.84. The Bertz CT molecular complexity index is 1650. The van der Waals surface area contributed by atoms with Gasteiger partial charge in [0.15, 0.2) is 16.3 Å². The zero-order chi connectivity index (χ0) is 29.1. The van der Waals surface area contributed by atoms with E-state index >= 15 is 0 Å². The lowest BCUT2D eigenvalue weighted by Crippen LogP contribution is -2.40. The summed E-state index contributed by atoms with van der Waals surface area (Å²) in [6.45, 7) is 12.2. The Morgan fingerprint density at radius 1 is 1.10 bits per heavy atom. The number of carbonyl (C=O) groups is 1. The Morgan fingerprint density at radius 3 is 2.45 bits per heavy atom. The Hall–Kier alpha value is -3.85. The number of ether oxygens (including phenoxy) is 4. The fourth-order valence-corrected chi connectivity index (χ4v) is 5.97. The summed E-state index contributed by atoms with van der Waals surface area (Å²) in [5, 5.41) is 0. The summed E-state index contributed by atoms with van der Waals surface area (Å²) >= 11 is 1.29. The maximum atomic E-state index is 14.1. The van der Waals surface area contributed by atoms with E-state index in [0.29, 0.717) is 38.7 Å². The lowest BCUT2D eigenvalue weighted by Gasteiger charge is -2.26. The van der Waals surface area contributed by atoms with Gasteiger partial charge in [0, 0.05) is 5.56 Å². The molecule has 0 bridgehead atoms. The summed E-state index contributed by atoms with van der Waals surface area (Å²) in [5.41, 5.74) is 4.11. The van der Waals surface area contributed by atoms with Gasteiger partial charge in [-0.3, -0.25) is 9.36 Å². The minimum atomic E-state index is -0.808. The van der Waals surface area contributed by atoms with E-state index in [1.807, 2.05) is 38.1 Å². The number of carbonyl (C=O) groups excluding carboxylic acids is 1. The smallest absolute Gasteiger partial charge is 0.338 e. The number of fused-ring (bicyclic) bond motifs is 1. The number of para-hydroxylation sites is 1. The molecule has 212 valence electrons. The number of aromatic nitrogens is 1. The third-order valence-electron chi connectivity index (χ3n) is 6.86. The van der Waals surface area contributed by atoms with Crippen LogP contribution in [-0.2, 0) is 9.53 Å². The van der Waals surface area contributed by atoms with Crippen LogP contribution in [0.25, 0.3) is 6.08 Å². The summed E-state index contributed by atoms with van der Waals surface area (Å²) < 4.78 is 24.7. The van der Waals surface area contributed by atoms with Crippen LogP contribution in [0.1, 0.15) is 68.8 Å². The van der Waals surface area contributed by atoms with Gasteiger partial charge < -0.3 is 18.9 Å². The van der Waals surface area contributed by atoms with Gasteiger partial charge in [-0.05, 0) is 74.6 Å². The number of thiazole rings is 1. The fraction of sp³-hybridized carbons (Fsp3) is 0.387. The summed E-state index contributed by atoms with van der Waals surface area (Å²) in [4.78, 5) is 32.6. The van der Waals surface area contributed by atoms with Crippen LogP contribution in [0.4, 0.5) is 0 Å². The molecule has 4 rings (SSSR count). The number of nitrogens with zero attached hydrogens (tertiary/aromatic N) is 2. The molecule has 0 N–H and O–H groups in total. The second kappa shape index (κ2) is 12.1. The first-order valence-corrected chi connectivity index (χ1v) is 14.2. The Kier molecular flexibility index (Phi) is 8.83. The van der Waals surface area contributed by atoms with E-state index in [0.717, 1.165) is 22.4 Å². The molecule has 8 nitrogen and oxygen atoms in total. The zero-order valence-electron chi connectivity index (χ0n) is 24.3. The number of allylic oxidation sites excluding steroid dienone is 1. The van der Waals surface area contributed by atoms with Crippen molar-refractivity contribution in [3.63, 3.8) is 0 Å². The predicted molar refractivity (Wildman–Crippen MR) is 156 cm³/mol. The van der Waals surface area contributed by atoms with Gasteiger partial charge in [0.1, 0.15) is 11.8 Å². The summed E-state index contributed by atoms with van der Waals surface area (Å²) in [6, 6.07) is 8.71. The monoisotopic (exact) mass is 564 g/mol. The molecular weight excluding hydrogens is 528 g/mol. The number of rotatable bonds is 9. The molecule has 1 aromatic heterocycles. The number of benzene rings is 2. The van der Waals surface area contributed by atoms with Crippen molar-refractivity contribution in [2.75, 3.05) is 27.4 Å². The van der Waals surface area contributed by atoms with Gasteiger partial charge in [0.25, 0.3) is 5.56 Å². The maximum Gasteiger partial charge on any atom is 0.338 e. The van der Waals surface area contributed by atoms with Gasteiger partial charge in [0.05, 0.1) is 43.2 Å². The molecule has 1 aliphatic rings. The van der Waals surface area contributed by atoms with Crippen LogP contribution in [-0.4, -0.2) is 38.0 Å². The lowest BCUT2D eigenvalue weighted by atomic mass is 9.94. The average Bonchev–Trinajstić information content (AvgIpc) is 3.23. The van der Waals surface area contributed by atoms with E-state index in [1.54, 1.807) is 38.7 Å². The van der Waals surface area contributed by atoms with Gasteiger partial charge in [-0.1, -0.05) is 37.3 Å². The van der Waals surface area contributed by atoms with Gasteiger partial charge in [-0.2, -0.15) is 0 Å². The molecule has 1 atom stereocenters. The topological polar surface area (TPSA) is 88.4 Å². The van der Waals surface area contributed by atoms with Crippen molar-refractivity contribution in [2.24, 2.45) is 4.99 Å². The van der Waals surface area contributed by atoms with Crippen molar-refractivity contribution in [3.8, 4) is 17.2 Å². The van der Waals surface area contributed by atoms with Crippen molar-refractivity contribution < 1.29 is 23.7 Å². The van der Waals surface area contributed by atoms with Crippen molar-refractivity contribution in [1.82, 2.24) is 4.57 Å². The first-order chi connectivity index (χ1) is 19.2. The number of aryl methyl sites for hydroxylation is 1. The quantitative estimate of drug-likeness (QED) is 0.352. The number of esters is 1. The standard InChI is InChI=1S/C31H36N2O6S/c1-9-38-28-21(12-11-13-23(28)36-7)27-26(30(35)39-10-2)19(6)32-31-33(27)29(34)25(40-31)16-20-15-22(17(3)4)24(37-8)14-18(20)5/h11-17,27H,9-10H2,1-8H3/b25-16+/t27-/m0/s1. The largest absolute Gasteiger partial charge is 0.496 e. The molecule has 0 aliphatic carbocycles. The predicted octanol–water partition coefficient (Wildman–Crippen LogP) is 4.65. The molecule has 1 aliphatic heterocycles. The molecule has 0 radical (unpaired) electrons. The first-order valence-electron chi connectivity index (χ1n) is 13.3. The summed E-state index contributed by atoms with van der Waals surface area (Å²) in [7, 11) is 3.22. The van der Waals surface area contributed by atoms with E-state index in [-0.39, 0.29) is 23.7 Å². The summed E-state index contributed by atoms with van der Waals surface area (Å²) in [5.74, 6) is 1.51. The first kappa shape index (κ1) is 29.1. The van der Waals surface area contributed by atoms with Crippen molar-refractivity contribution in [2.45, 2.75) is 53.5 Å². The van der Waals surface area contributed by atoms with Crippen LogP contribution in [0.3, 0.4) is 0 Å². The van der Waals surface area contributed by atoms with E-state index in [1.165, 1.54) is 11.3 Å². The third kappa shape index (κ3) is 5.30. The van der Waals surface area contributed by atoms with Gasteiger partial charge in [0.2, 0.25) is 0 Å². The van der Waals surface area contributed by atoms with Crippen molar-refractivity contribution in [3.05, 3.63) is 83.5 Å². The number of hydrogen-bond acceptors (Lipinski definition) is 8. The number of methoxy groups -OCH3 is 2. The number of hydrogen-bond donors (Lipinski definition) is 0. The molecule has 9 heteroatoms. The van der Waals surface area contributed by atoms with E-state index in [9.17, 15) is 9.59 Å². The average molecular weight is 565 g/mol. The zero-order valence-corrected chi connectivity index (χ0v) is 25.1. The van der Waals surface area contributed by atoms with E-state index in [2.05, 4.69) is 19.9 Å². The molecule has 0 unspecified atom stereocenters. The molecule has 0 fully saturated rings. The highest BCUT2D eigenvalue weighted by atomic mass is 32.1. The fourth-order valence-electron chi connectivity index (χ4n) is 4.93. The molecule has 0 spiro atoms. The van der Waals surface area contributed by atoms with Crippen LogP contribution >= 0.6 is 11.3 Å². The van der Waals surface area contributed by atoms with Gasteiger partial charge in [-0.25, -0.2) is 9.79 Å². The van der Waals surface area contributed by atoms with Gasteiger partial charge in [-0.15, -0.1) is 0 Å². The normalized spacial score (nSPS) is 15.1. The second-order valence-electron chi connectivity index (χ2n) is 9.72. The molecule has 0 saturated heterocycles. The Balaban J connectivity index is 2.02. The van der Waals surface area contributed by atoms with E-state index < -0.39 is 12.0 Å². The van der Waals surface area contributed by atoms with Crippen LogP contribution in [0.5, 0.6) is 17.2 Å². The minimum absolute atomic E-state index is 0.193. The second-order valence-corrected chi connectivity index (χ2v) is 10.7. The summed E-state index contributed by atoms with van der Waals surface area (Å²) in [6.07, 6.45) is 1.89. The lowest BCUT2D eigenvalue weighted by molar-refractivity contribution is -0.139. The molecule has 0 amide bonds. The highest BCUT2D eigenvalue weighted by Gasteiger charge is 2.36. The van der Waals surface area contributed by atoms with Crippen molar-refractivity contribution in [1.29, 1.82) is 0 Å². The Labute approximate surface area is 238 Å². The Morgan fingerprint density at radius 2 is 1.82 bits per heavy atom. The molecule has 0 saturated carbocycles. The maximum absolute atomic E-state index is 14.1. The van der Waals surface area contributed by atoms with Crippen LogP contribution in [0, 0.1) is 6.92 Å². The highest BCUT2D eigenvalue weighted by Crippen LogP contribution is 2.40. The molecule has 3 aromatic rings. The van der Waals surface area contributed by atoms with Crippen LogP contribution in [0.2, 0.25) is 0 Å². The highest BCUT2D eigenvalue weighted by molar-refractivity contribution is 7.07. The van der Waals surface area contributed by atoms with Crippen molar-refractivity contribution >= 4 is 23.4 Å². The molecule has 2 heterocycles. The van der Waals surface area contributed by atoms with Crippen LogP contribution in [0.15, 0.2) is 51.4 Å². The van der Waals surface area contributed by atoms with Crippen LogP contribution < -0.4 is 29.1 Å². The van der Waals surface area contributed by atoms with Gasteiger partial charge >= 0.3 is 5.97 Å². The molecule has 40 heavy (non-hydrogen) atoms. The SMILES string of the molecule is CCOC(=O)C1=C(C)N=c2s/c(=C/c3cc(C(C)C)c(OC)cc3C)c(=O)n2[C@H]1c1cccc(OC)c1OCC. The minimum Gasteiger partial charge on any atom is -0.496 e. The molecular formula is C31H36N2O6S. The van der Waals surface area contributed by atoms with E-state index in [4.69, 9.17) is 23.9 Å². The molecule has 2 aromatic carbocycles.